The lowest BCUT2D eigenvalue weighted by Gasteiger charge is -2.27. The van der Waals surface area contributed by atoms with Crippen molar-refractivity contribution in [3.05, 3.63) is 234 Å². The minimum absolute atomic E-state index is 0.157. The highest BCUT2D eigenvalue weighted by Gasteiger charge is 2.44. The summed E-state index contributed by atoms with van der Waals surface area (Å²) in [5.41, 5.74) is 21.3. The van der Waals surface area contributed by atoms with Gasteiger partial charge in [0.1, 0.15) is 0 Å². The van der Waals surface area contributed by atoms with E-state index in [0.717, 1.165) is 17.1 Å². The van der Waals surface area contributed by atoms with Crippen LogP contribution in [-0.4, -0.2) is 0 Å². The van der Waals surface area contributed by atoms with Crippen LogP contribution in [0.3, 0.4) is 0 Å². The first kappa shape index (κ1) is 35.7. The fourth-order valence-electron chi connectivity index (χ4n) is 11.5. The van der Waals surface area contributed by atoms with Gasteiger partial charge in [-0.2, -0.15) is 0 Å². The van der Waals surface area contributed by atoms with Gasteiger partial charge >= 0.3 is 0 Å². The third-order valence-electron chi connectivity index (χ3n) is 14.3. The van der Waals surface area contributed by atoms with Crippen molar-refractivity contribution in [2.75, 3.05) is 4.90 Å². The lowest BCUT2D eigenvalue weighted by molar-refractivity contribution is 0.550. The number of anilines is 3. The Kier molecular flexibility index (Phi) is 8.08. The van der Waals surface area contributed by atoms with E-state index in [1.54, 1.807) is 0 Å². The van der Waals surface area contributed by atoms with Crippen molar-refractivity contribution < 1.29 is 0 Å². The first-order valence-corrected chi connectivity index (χ1v) is 23.0. The molecule has 0 radical (unpaired) electrons. The lowest BCUT2D eigenvalue weighted by Crippen LogP contribution is -2.20. The molecule has 2 heteroatoms. The van der Waals surface area contributed by atoms with Crippen LogP contribution < -0.4 is 4.90 Å². The molecule has 3 aliphatic carbocycles. The molecule has 0 bridgehead atoms. The predicted molar refractivity (Wildman–Crippen MR) is 262 cm³/mol. The van der Waals surface area contributed by atoms with Gasteiger partial charge in [-0.25, -0.2) is 0 Å². The Morgan fingerprint density at radius 1 is 0.387 bits per heavy atom. The normalized spacial score (nSPS) is 15.5. The van der Waals surface area contributed by atoms with E-state index >= 15 is 0 Å². The number of hydrogen-bond acceptors (Lipinski definition) is 2. The molecule has 0 aliphatic heterocycles. The summed E-state index contributed by atoms with van der Waals surface area (Å²) in [4.78, 5) is 2.43. The maximum absolute atomic E-state index is 2.52. The third-order valence-corrected chi connectivity index (χ3v) is 15.5. The van der Waals surface area contributed by atoms with E-state index in [2.05, 4.69) is 211 Å². The van der Waals surface area contributed by atoms with Gasteiger partial charge < -0.3 is 4.90 Å². The van der Waals surface area contributed by atoms with Crippen LogP contribution >= 0.6 is 11.3 Å². The van der Waals surface area contributed by atoms with Crippen molar-refractivity contribution in [2.24, 2.45) is 0 Å². The number of fused-ring (bicyclic) bond motifs is 11. The van der Waals surface area contributed by atoms with E-state index in [1.807, 2.05) is 11.3 Å². The molecule has 0 saturated heterocycles. The summed E-state index contributed by atoms with van der Waals surface area (Å²) < 4.78 is 2.62. The van der Waals surface area contributed by atoms with Crippen molar-refractivity contribution in [3.63, 3.8) is 0 Å². The summed E-state index contributed by atoms with van der Waals surface area (Å²) in [5, 5.41) is 2.63. The summed E-state index contributed by atoms with van der Waals surface area (Å²) >= 11 is 1.87. The third kappa shape index (κ3) is 5.46. The number of thiophene rings is 1. The van der Waals surface area contributed by atoms with Gasteiger partial charge in [-0.1, -0.05) is 165 Å². The summed E-state index contributed by atoms with van der Waals surface area (Å²) in [7, 11) is 0. The summed E-state index contributed by atoms with van der Waals surface area (Å²) in [6.45, 7) is 0. The molecule has 1 saturated carbocycles. The number of nitrogens with zero attached hydrogens (tertiary/aromatic N) is 1. The average Bonchev–Trinajstić information content (AvgIpc) is 4.12. The molecule has 62 heavy (non-hydrogen) atoms. The monoisotopic (exact) mass is 809 g/mol. The minimum Gasteiger partial charge on any atom is -0.310 e. The number of rotatable bonds is 6. The van der Waals surface area contributed by atoms with Crippen molar-refractivity contribution in [1.29, 1.82) is 0 Å². The van der Waals surface area contributed by atoms with Gasteiger partial charge in [0.25, 0.3) is 0 Å². The quantitative estimate of drug-likeness (QED) is 0.162. The van der Waals surface area contributed by atoms with Crippen LogP contribution in [0.5, 0.6) is 0 Å². The lowest BCUT2D eigenvalue weighted by atomic mass is 9.76. The van der Waals surface area contributed by atoms with Gasteiger partial charge in [-0.05, 0) is 140 Å². The molecule has 13 rings (SSSR count). The molecule has 10 aromatic rings. The first-order valence-electron chi connectivity index (χ1n) is 22.2. The van der Waals surface area contributed by atoms with E-state index in [1.165, 1.54) is 118 Å². The zero-order valence-corrected chi connectivity index (χ0v) is 35.2. The molecule has 1 spiro atoms. The Labute approximate surface area is 367 Å². The Morgan fingerprint density at radius 3 is 1.73 bits per heavy atom. The molecule has 9 aromatic carbocycles. The van der Waals surface area contributed by atoms with Gasteiger partial charge in [0.05, 0.1) is 0 Å². The molecule has 1 heterocycles. The molecule has 1 atom stereocenters. The average molecular weight is 810 g/mol. The molecule has 294 valence electrons. The van der Waals surface area contributed by atoms with Crippen LogP contribution in [0.25, 0.3) is 64.7 Å². The van der Waals surface area contributed by atoms with Crippen LogP contribution in [0.1, 0.15) is 59.4 Å². The maximum Gasteiger partial charge on any atom is 0.0476 e. The maximum atomic E-state index is 2.52. The van der Waals surface area contributed by atoms with Crippen LogP contribution in [-0.2, 0) is 5.41 Å². The summed E-state index contributed by atoms with van der Waals surface area (Å²) in [6.07, 6.45) is 5.08. The zero-order valence-electron chi connectivity index (χ0n) is 34.4. The molecule has 1 unspecified atom stereocenters. The largest absolute Gasteiger partial charge is 0.310 e. The molecular formula is C60H43NS. The van der Waals surface area contributed by atoms with E-state index in [-0.39, 0.29) is 11.3 Å². The molecule has 1 aromatic heterocycles. The SMILES string of the molecule is c1ccc(C2c3ccccc3-c3ccc(-c4ccc(N(c5ccc(-c6ccc7c(c6)C6(CCCC6)c6ccccc6-7)cc5)c5ccc6c(c5)sc5ccccc56)cc4)cc32)cc1. The molecule has 0 N–H and O–H groups in total. The summed E-state index contributed by atoms with van der Waals surface area (Å²) in [6, 6.07) is 77.6. The van der Waals surface area contributed by atoms with Crippen LogP contribution in [0.4, 0.5) is 17.1 Å². The van der Waals surface area contributed by atoms with E-state index in [0.29, 0.717) is 0 Å². The highest BCUT2D eigenvalue weighted by atomic mass is 32.1. The van der Waals surface area contributed by atoms with E-state index in [9.17, 15) is 0 Å². The highest BCUT2D eigenvalue weighted by molar-refractivity contribution is 7.25. The van der Waals surface area contributed by atoms with Gasteiger partial charge in [0.2, 0.25) is 0 Å². The second-order valence-corrected chi connectivity index (χ2v) is 18.6. The number of benzene rings is 9. The fourth-order valence-corrected chi connectivity index (χ4v) is 12.6. The standard InChI is InChI=1S/C60H43NS/c1-2-12-41(13-3-1)59-53-17-5-4-14-47(53)48-31-24-42(36-54(48)59)39-20-26-44(27-21-39)61(46-30-33-52-51-16-7-9-19-57(51)62-58(52)38-46)45-28-22-40(23-29-45)43-25-32-50-49-15-6-8-18-55(49)60(56(50)37-43)34-10-11-35-60/h1-9,12-33,36-38,59H,10-11,34-35H2. The Balaban J connectivity index is 0.883. The molecule has 1 nitrogen and oxygen atoms in total. The Hall–Kier alpha value is -7.00. The minimum atomic E-state index is 0.157. The molecule has 0 amide bonds. The second-order valence-electron chi connectivity index (χ2n) is 17.5. The first-order chi connectivity index (χ1) is 30.7. The highest BCUT2D eigenvalue weighted by Crippen LogP contribution is 2.57. The second kappa shape index (κ2) is 14.0. The van der Waals surface area contributed by atoms with E-state index in [4.69, 9.17) is 0 Å². The fraction of sp³-hybridized carbons (Fsp3) is 0.100. The van der Waals surface area contributed by atoms with Crippen molar-refractivity contribution in [1.82, 2.24) is 0 Å². The van der Waals surface area contributed by atoms with Gasteiger partial charge in [-0.15, -0.1) is 11.3 Å². The van der Waals surface area contributed by atoms with E-state index < -0.39 is 0 Å². The van der Waals surface area contributed by atoms with Gasteiger partial charge in [-0.3, -0.25) is 0 Å². The van der Waals surface area contributed by atoms with Crippen molar-refractivity contribution >= 4 is 48.6 Å². The Morgan fingerprint density at radius 2 is 0.952 bits per heavy atom. The van der Waals surface area contributed by atoms with Crippen LogP contribution in [0, 0.1) is 0 Å². The molecule has 3 aliphatic rings. The molecular weight excluding hydrogens is 767 g/mol. The van der Waals surface area contributed by atoms with Crippen molar-refractivity contribution in [2.45, 2.75) is 37.0 Å². The smallest absolute Gasteiger partial charge is 0.0476 e. The van der Waals surface area contributed by atoms with Crippen LogP contribution in [0.15, 0.2) is 206 Å². The predicted octanol–water partition coefficient (Wildman–Crippen LogP) is 16.9. The summed E-state index contributed by atoms with van der Waals surface area (Å²) in [5.74, 6) is 0.223. The molecule has 1 fully saturated rings. The topological polar surface area (TPSA) is 3.24 Å². The van der Waals surface area contributed by atoms with Gasteiger partial charge in [0.15, 0.2) is 0 Å². The number of hydrogen-bond donors (Lipinski definition) is 0. The Bertz CT molecular complexity index is 3350. The van der Waals surface area contributed by atoms with Crippen LogP contribution in [0.2, 0.25) is 0 Å². The zero-order chi connectivity index (χ0) is 40.8. The van der Waals surface area contributed by atoms with Crippen molar-refractivity contribution in [3.8, 4) is 44.5 Å². The van der Waals surface area contributed by atoms with Gasteiger partial charge in [0, 0.05) is 48.6 Å².